The third kappa shape index (κ3) is 5.26. The minimum Gasteiger partial charge on any atom is -0.366 e. The van der Waals surface area contributed by atoms with E-state index in [-0.39, 0.29) is 17.9 Å². The molecule has 3 N–H and O–H groups in total. The van der Waals surface area contributed by atoms with Crippen LogP contribution in [-0.2, 0) is 4.79 Å². The fraction of sp³-hybridized carbons (Fsp3) is 0.125. The number of benzene rings is 2. The number of amides is 2. The molecular formula is C16H14ClFN2O2S. The maximum absolute atomic E-state index is 13.4. The van der Waals surface area contributed by atoms with E-state index in [2.05, 4.69) is 5.32 Å². The molecule has 0 spiro atoms. The normalized spacial score (nSPS) is 10.3. The number of rotatable bonds is 6. The number of nitrogens with two attached hydrogens (primary N) is 1. The summed E-state index contributed by atoms with van der Waals surface area (Å²) in [5, 5.41) is 3.27. The van der Waals surface area contributed by atoms with Crippen LogP contribution in [0.1, 0.15) is 16.8 Å². The number of carbonyl (C=O) groups is 2. The molecule has 7 heteroatoms. The summed E-state index contributed by atoms with van der Waals surface area (Å²) >= 11 is 7.32. The smallest absolute Gasteiger partial charge is 0.251 e. The standard InChI is InChI=1S/C16H14ClFN2O2S/c17-10-1-4-12(5-2-10)23-8-7-15(21)20-11-3-6-14(18)13(9-11)16(19)22/h1-6,9H,7-8H2,(H2,19,22)(H,20,21). The molecule has 0 fully saturated rings. The lowest BCUT2D eigenvalue weighted by Gasteiger charge is -2.07. The minimum absolute atomic E-state index is 0.228. The monoisotopic (exact) mass is 352 g/mol. The predicted octanol–water partition coefficient (Wildman–Crippen LogP) is 3.70. The molecule has 23 heavy (non-hydrogen) atoms. The van der Waals surface area contributed by atoms with Crippen molar-refractivity contribution >= 4 is 40.9 Å². The Hall–Kier alpha value is -2.05. The van der Waals surface area contributed by atoms with Crippen LogP contribution in [0.15, 0.2) is 47.4 Å². The molecule has 2 aromatic rings. The average Bonchev–Trinajstić information content (AvgIpc) is 2.51. The highest BCUT2D eigenvalue weighted by atomic mass is 35.5. The van der Waals surface area contributed by atoms with E-state index in [9.17, 15) is 14.0 Å². The maximum atomic E-state index is 13.4. The largest absolute Gasteiger partial charge is 0.366 e. The van der Waals surface area contributed by atoms with Crippen LogP contribution in [0.4, 0.5) is 10.1 Å². The Bertz CT molecular complexity index is 723. The lowest BCUT2D eigenvalue weighted by Crippen LogP contribution is -2.16. The van der Waals surface area contributed by atoms with E-state index < -0.39 is 11.7 Å². The van der Waals surface area contributed by atoms with Crippen molar-refractivity contribution < 1.29 is 14.0 Å². The van der Waals surface area contributed by atoms with Crippen molar-refractivity contribution in [3.05, 3.63) is 58.9 Å². The van der Waals surface area contributed by atoms with E-state index in [0.29, 0.717) is 16.5 Å². The second-order valence-electron chi connectivity index (χ2n) is 4.66. The van der Waals surface area contributed by atoms with Gasteiger partial charge in [0.2, 0.25) is 5.91 Å². The molecule has 4 nitrogen and oxygen atoms in total. The van der Waals surface area contributed by atoms with Gasteiger partial charge >= 0.3 is 0 Å². The molecule has 0 saturated heterocycles. The summed E-state index contributed by atoms with van der Waals surface area (Å²) in [6.45, 7) is 0. The Balaban J connectivity index is 1.86. The Morgan fingerprint density at radius 3 is 2.52 bits per heavy atom. The Kier molecular flexibility index (Phi) is 6.01. The summed E-state index contributed by atoms with van der Waals surface area (Å²) in [6, 6.07) is 11.0. The van der Waals surface area contributed by atoms with Gasteiger partial charge in [-0.25, -0.2) is 4.39 Å². The summed E-state index contributed by atoms with van der Waals surface area (Å²) in [5.74, 6) is -1.24. The number of carbonyl (C=O) groups excluding carboxylic acids is 2. The van der Waals surface area contributed by atoms with Gasteiger partial charge in [-0.05, 0) is 42.5 Å². The third-order valence-corrected chi connectivity index (χ3v) is 4.19. The van der Waals surface area contributed by atoms with Crippen LogP contribution in [0.5, 0.6) is 0 Å². The molecule has 0 atom stereocenters. The summed E-state index contributed by atoms with van der Waals surface area (Å²) in [5.41, 5.74) is 5.15. The molecule has 0 heterocycles. The molecule has 0 aliphatic heterocycles. The van der Waals surface area contributed by atoms with Crippen LogP contribution in [0.3, 0.4) is 0 Å². The van der Waals surface area contributed by atoms with Crippen LogP contribution in [0.2, 0.25) is 5.02 Å². The zero-order valence-corrected chi connectivity index (χ0v) is 13.6. The molecule has 0 saturated carbocycles. The summed E-state index contributed by atoms with van der Waals surface area (Å²) in [7, 11) is 0. The Labute approximate surface area is 142 Å². The number of thioether (sulfide) groups is 1. The van der Waals surface area contributed by atoms with E-state index in [1.165, 1.54) is 23.9 Å². The van der Waals surface area contributed by atoms with Crippen LogP contribution in [0, 0.1) is 5.82 Å². The highest BCUT2D eigenvalue weighted by Crippen LogP contribution is 2.21. The highest BCUT2D eigenvalue weighted by Gasteiger charge is 2.10. The number of hydrogen-bond donors (Lipinski definition) is 2. The molecule has 2 amide bonds. The van der Waals surface area contributed by atoms with Crippen LogP contribution in [0.25, 0.3) is 0 Å². The summed E-state index contributed by atoms with van der Waals surface area (Å²) in [6.07, 6.45) is 0.274. The maximum Gasteiger partial charge on any atom is 0.251 e. The summed E-state index contributed by atoms with van der Waals surface area (Å²) < 4.78 is 13.4. The van der Waals surface area contributed by atoms with E-state index in [4.69, 9.17) is 17.3 Å². The minimum atomic E-state index is -0.878. The lowest BCUT2D eigenvalue weighted by atomic mass is 10.1. The zero-order valence-electron chi connectivity index (χ0n) is 12.0. The van der Waals surface area contributed by atoms with Crippen molar-refractivity contribution in [1.29, 1.82) is 0 Å². The molecule has 0 unspecified atom stereocenters. The fourth-order valence-electron chi connectivity index (χ4n) is 1.81. The Morgan fingerprint density at radius 2 is 1.87 bits per heavy atom. The van der Waals surface area contributed by atoms with Crippen molar-refractivity contribution in [2.24, 2.45) is 5.73 Å². The molecule has 0 aliphatic carbocycles. The van der Waals surface area contributed by atoms with Gasteiger partial charge in [0.1, 0.15) is 5.82 Å². The first-order valence-electron chi connectivity index (χ1n) is 6.73. The van der Waals surface area contributed by atoms with Gasteiger partial charge in [0, 0.05) is 27.8 Å². The lowest BCUT2D eigenvalue weighted by molar-refractivity contribution is -0.115. The third-order valence-electron chi connectivity index (χ3n) is 2.93. The number of hydrogen-bond acceptors (Lipinski definition) is 3. The van der Waals surface area contributed by atoms with Crippen molar-refractivity contribution in [3.8, 4) is 0 Å². The Morgan fingerprint density at radius 1 is 1.17 bits per heavy atom. The number of halogens is 2. The topological polar surface area (TPSA) is 72.2 Å². The average molecular weight is 353 g/mol. The molecular weight excluding hydrogens is 339 g/mol. The highest BCUT2D eigenvalue weighted by molar-refractivity contribution is 7.99. The van der Waals surface area contributed by atoms with Crippen LogP contribution in [-0.4, -0.2) is 17.6 Å². The van der Waals surface area contributed by atoms with Crippen molar-refractivity contribution in [1.82, 2.24) is 0 Å². The van der Waals surface area contributed by atoms with Crippen LogP contribution < -0.4 is 11.1 Å². The van der Waals surface area contributed by atoms with Crippen molar-refractivity contribution in [3.63, 3.8) is 0 Å². The first-order valence-corrected chi connectivity index (χ1v) is 8.09. The van der Waals surface area contributed by atoms with Gasteiger partial charge in [-0.1, -0.05) is 11.6 Å². The van der Waals surface area contributed by atoms with E-state index in [0.717, 1.165) is 11.0 Å². The van der Waals surface area contributed by atoms with Gasteiger partial charge in [-0.2, -0.15) is 0 Å². The van der Waals surface area contributed by atoms with Crippen LogP contribution >= 0.6 is 23.4 Å². The molecule has 0 aromatic heterocycles. The fourth-order valence-corrected chi connectivity index (χ4v) is 2.79. The van der Waals surface area contributed by atoms with Gasteiger partial charge in [0.05, 0.1) is 5.56 Å². The van der Waals surface area contributed by atoms with Gasteiger partial charge in [0.25, 0.3) is 5.91 Å². The van der Waals surface area contributed by atoms with E-state index in [1.807, 2.05) is 12.1 Å². The first-order chi connectivity index (χ1) is 11.0. The van der Waals surface area contributed by atoms with Gasteiger partial charge in [-0.3, -0.25) is 9.59 Å². The molecule has 120 valence electrons. The zero-order chi connectivity index (χ0) is 16.8. The molecule has 2 aromatic carbocycles. The predicted molar refractivity (Wildman–Crippen MR) is 90.3 cm³/mol. The number of anilines is 1. The van der Waals surface area contributed by atoms with Gasteiger partial charge in [0.15, 0.2) is 0 Å². The quantitative estimate of drug-likeness (QED) is 0.778. The van der Waals surface area contributed by atoms with Crippen molar-refractivity contribution in [2.45, 2.75) is 11.3 Å². The van der Waals surface area contributed by atoms with Gasteiger partial charge < -0.3 is 11.1 Å². The van der Waals surface area contributed by atoms with Crippen molar-refractivity contribution in [2.75, 3.05) is 11.1 Å². The van der Waals surface area contributed by atoms with Gasteiger partial charge in [-0.15, -0.1) is 11.8 Å². The van der Waals surface area contributed by atoms with E-state index in [1.54, 1.807) is 12.1 Å². The SMILES string of the molecule is NC(=O)c1cc(NC(=O)CCSc2ccc(Cl)cc2)ccc1F. The second kappa shape index (κ2) is 7.99. The molecule has 0 bridgehead atoms. The van der Waals surface area contributed by atoms with E-state index >= 15 is 0 Å². The number of nitrogens with one attached hydrogen (secondary N) is 1. The number of primary amides is 1. The molecule has 2 rings (SSSR count). The second-order valence-corrected chi connectivity index (χ2v) is 6.26. The molecule has 0 aliphatic rings. The molecule has 0 radical (unpaired) electrons. The first kappa shape index (κ1) is 17.3. The summed E-state index contributed by atoms with van der Waals surface area (Å²) in [4.78, 5) is 24.0.